The Morgan fingerprint density at radius 1 is 1.00 bits per heavy atom. The van der Waals surface area contributed by atoms with Gasteiger partial charge >= 0.3 is 0 Å². The fourth-order valence-corrected chi connectivity index (χ4v) is 0.321. The molecule has 0 atom stereocenters. The number of hydrazine groups is 1. The summed E-state index contributed by atoms with van der Waals surface area (Å²) >= 11 is 16.5. The minimum Gasteiger partial charge on any atom is -0.284 e. The van der Waals surface area contributed by atoms with Gasteiger partial charge in [0.25, 0.3) is 0 Å². The molecule has 0 spiro atoms. The van der Waals surface area contributed by atoms with Crippen LogP contribution in [0.2, 0.25) is 0 Å². The summed E-state index contributed by atoms with van der Waals surface area (Å²) in [4.78, 5) is 0. The van der Waals surface area contributed by atoms with Crippen LogP contribution in [0, 0.1) is 0 Å². The maximum Gasteiger partial charge on any atom is 0.149 e. The highest BCUT2D eigenvalue weighted by atomic mass is 32.1. The van der Waals surface area contributed by atoms with Crippen molar-refractivity contribution in [2.24, 2.45) is 0 Å². The average molecular weight is 184 g/mol. The Morgan fingerprint density at radius 3 is 1.38 bits per heavy atom. The van der Waals surface area contributed by atoms with Crippen molar-refractivity contribution >= 4 is 58.3 Å². The Labute approximate surface area is 69.2 Å². The molecule has 0 aliphatic rings. The van der Waals surface area contributed by atoms with Gasteiger partial charge in [0, 0.05) is 0 Å². The first-order chi connectivity index (χ1) is 3.63. The molecule has 6 heteroatoms. The molecule has 0 amide bonds. The highest BCUT2D eigenvalue weighted by Crippen LogP contribution is 1.76. The quantitative estimate of drug-likeness (QED) is 0.250. The first-order valence-corrected chi connectivity index (χ1v) is 3.32. The van der Waals surface area contributed by atoms with E-state index < -0.39 is 0 Å². The van der Waals surface area contributed by atoms with Crippen LogP contribution in [0.25, 0.3) is 0 Å². The van der Waals surface area contributed by atoms with Crippen LogP contribution in [0.5, 0.6) is 0 Å². The lowest BCUT2D eigenvalue weighted by Crippen LogP contribution is -2.35. The second-order valence-corrected chi connectivity index (χ2v) is 3.18. The van der Waals surface area contributed by atoms with Crippen molar-refractivity contribution < 1.29 is 0 Å². The lowest BCUT2D eigenvalue weighted by molar-refractivity contribution is 0.915. The monoisotopic (exact) mass is 184 g/mol. The van der Waals surface area contributed by atoms with E-state index in [0.29, 0.717) is 8.64 Å². The van der Waals surface area contributed by atoms with Gasteiger partial charge in [-0.1, -0.05) is 24.4 Å². The van der Waals surface area contributed by atoms with E-state index in [1.54, 1.807) is 0 Å². The van der Waals surface area contributed by atoms with E-state index in [1.807, 2.05) is 0 Å². The van der Waals surface area contributed by atoms with Gasteiger partial charge in [0.2, 0.25) is 0 Å². The largest absolute Gasteiger partial charge is 0.284 e. The van der Waals surface area contributed by atoms with Crippen LogP contribution in [0.3, 0.4) is 0 Å². The summed E-state index contributed by atoms with van der Waals surface area (Å²) in [6.07, 6.45) is 0. The summed E-state index contributed by atoms with van der Waals surface area (Å²) in [5, 5.41) is 0. The SMILES string of the molecule is S=C(S)NNC(=S)S. The molecule has 0 saturated carbocycles. The number of nitrogens with one attached hydrogen (secondary N) is 2. The lowest BCUT2D eigenvalue weighted by Gasteiger charge is -2.01. The number of rotatable bonds is 0. The van der Waals surface area contributed by atoms with Crippen molar-refractivity contribution in [1.82, 2.24) is 10.9 Å². The van der Waals surface area contributed by atoms with Crippen LogP contribution in [0.15, 0.2) is 0 Å². The van der Waals surface area contributed by atoms with Crippen molar-refractivity contribution in [3.8, 4) is 0 Å². The maximum absolute atomic E-state index is 4.51. The molecule has 0 unspecified atom stereocenters. The Kier molecular flexibility index (Phi) is 4.63. The van der Waals surface area contributed by atoms with Gasteiger partial charge in [0.15, 0.2) is 0 Å². The number of thiol groups is 2. The molecule has 46 valence electrons. The fraction of sp³-hybridized carbons (Fsp3) is 0. The predicted molar refractivity (Wildman–Crippen MR) is 49.4 cm³/mol. The highest BCUT2D eigenvalue weighted by molar-refractivity contribution is 8.11. The lowest BCUT2D eigenvalue weighted by atomic mass is 11.3. The van der Waals surface area contributed by atoms with Crippen molar-refractivity contribution in [1.29, 1.82) is 0 Å². The Hall–Kier alpha value is 0.480. The smallest absolute Gasteiger partial charge is 0.149 e. The molecule has 0 aromatic heterocycles. The summed E-state index contributed by atoms with van der Waals surface area (Å²) in [6, 6.07) is 0. The van der Waals surface area contributed by atoms with Crippen molar-refractivity contribution in [2.75, 3.05) is 0 Å². The molecule has 2 N–H and O–H groups in total. The van der Waals surface area contributed by atoms with Crippen LogP contribution in [-0.4, -0.2) is 8.64 Å². The van der Waals surface area contributed by atoms with E-state index in [9.17, 15) is 0 Å². The number of thiocarbonyl (C=S) groups is 2. The van der Waals surface area contributed by atoms with Crippen LogP contribution >= 0.6 is 49.7 Å². The molecular formula is C2H4N2S4. The first-order valence-electron chi connectivity index (χ1n) is 1.61. The molecule has 0 rings (SSSR count). The van der Waals surface area contributed by atoms with Crippen LogP contribution in [0.4, 0.5) is 0 Å². The third kappa shape index (κ3) is 6.48. The third-order valence-electron chi connectivity index (χ3n) is 0.276. The van der Waals surface area contributed by atoms with Gasteiger partial charge in [-0.25, -0.2) is 0 Å². The molecule has 0 aromatic rings. The number of hydrogen-bond acceptors (Lipinski definition) is 2. The van der Waals surface area contributed by atoms with E-state index in [1.165, 1.54) is 0 Å². The highest BCUT2D eigenvalue weighted by Gasteiger charge is 1.83. The van der Waals surface area contributed by atoms with Gasteiger partial charge in [-0.3, -0.25) is 10.9 Å². The molecule has 8 heavy (non-hydrogen) atoms. The second-order valence-electron chi connectivity index (χ2n) is 0.860. The summed E-state index contributed by atoms with van der Waals surface area (Å²) in [7, 11) is 0. The Morgan fingerprint density at radius 2 is 1.25 bits per heavy atom. The van der Waals surface area contributed by atoms with Gasteiger partial charge in [0.1, 0.15) is 8.64 Å². The summed E-state index contributed by atoms with van der Waals surface area (Å²) in [6.45, 7) is 0. The summed E-state index contributed by atoms with van der Waals surface area (Å²) in [5.41, 5.74) is 4.95. The van der Waals surface area contributed by atoms with Crippen molar-refractivity contribution in [3.63, 3.8) is 0 Å². The molecule has 0 radical (unpaired) electrons. The van der Waals surface area contributed by atoms with Crippen LogP contribution in [0.1, 0.15) is 0 Å². The molecule has 0 fully saturated rings. The Bertz CT molecular complexity index is 96.6. The summed E-state index contributed by atoms with van der Waals surface area (Å²) in [5.74, 6) is 0. The zero-order valence-corrected chi connectivity index (χ0v) is 7.13. The fourth-order valence-electron chi connectivity index (χ4n) is 0.107. The molecule has 0 aliphatic heterocycles. The van der Waals surface area contributed by atoms with E-state index in [0.717, 1.165) is 0 Å². The molecule has 2 nitrogen and oxygen atoms in total. The third-order valence-corrected chi connectivity index (χ3v) is 0.704. The maximum atomic E-state index is 4.51. The molecular weight excluding hydrogens is 180 g/mol. The van der Waals surface area contributed by atoms with E-state index in [4.69, 9.17) is 0 Å². The molecule has 0 saturated heterocycles. The van der Waals surface area contributed by atoms with Gasteiger partial charge in [-0.05, 0) is 0 Å². The van der Waals surface area contributed by atoms with Crippen LogP contribution in [-0.2, 0) is 0 Å². The van der Waals surface area contributed by atoms with E-state index >= 15 is 0 Å². The zero-order chi connectivity index (χ0) is 6.57. The normalized spacial score (nSPS) is 7.75. The average Bonchev–Trinajstić information content (AvgIpc) is 1.61. The molecule has 0 aliphatic carbocycles. The standard InChI is InChI=1S/C2H4N2S4/c5-1(6)3-4-2(7)8/h(H2,3,5,6)(H2,4,7,8). The van der Waals surface area contributed by atoms with Gasteiger partial charge < -0.3 is 0 Å². The topological polar surface area (TPSA) is 24.1 Å². The minimum absolute atomic E-state index is 0.335. The second kappa shape index (κ2) is 4.37. The van der Waals surface area contributed by atoms with Gasteiger partial charge in [-0.15, -0.1) is 25.3 Å². The van der Waals surface area contributed by atoms with E-state index in [2.05, 4.69) is 60.5 Å². The minimum atomic E-state index is 0.335. The summed E-state index contributed by atoms with van der Waals surface area (Å²) < 4.78 is 0.669. The van der Waals surface area contributed by atoms with Crippen LogP contribution < -0.4 is 10.9 Å². The van der Waals surface area contributed by atoms with E-state index in [-0.39, 0.29) is 0 Å². The van der Waals surface area contributed by atoms with Gasteiger partial charge in [0.05, 0.1) is 0 Å². The Balaban J connectivity index is 3.18. The first kappa shape index (κ1) is 8.48. The number of hydrogen-bond donors (Lipinski definition) is 4. The molecule has 0 bridgehead atoms. The zero-order valence-electron chi connectivity index (χ0n) is 3.71. The van der Waals surface area contributed by atoms with Crippen molar-refractivity contribution in [2.45, 2.75) is 0 Å². The van der Waals surface area contributed by atoms with Gasteiger partial charge in [-0.2, -0.15) is 0 Å². The molecule has 0 aromatic carbocycles. The van der Waals surface area contributed by atoms with Crippen molar-refractivity contribution in [3.05, 3.63) is 0 Å². The molecule has 0 heterocycles. The predicted octanol–water partition coefficient (Wildman–Crippen LogP) is 0.510.